The second kappa shape index (κ2) is 10.6. The minimum atomic E-state index is -4.43. The molecule has 2 N–H and O–H groups in total. The Bertz CT molecular complexity index is 881. The number of nitrogens with zero attached hydrogens (tertiary/aromatic N) is 2. The van der Waals surface area contributed by atoms with Gasteiger partial charge in [0.25, 0.3) is 0 Å². The first-order valence-corrected chi connectivity index (χ1v) is 9.28. The lowest BCUT2D eigenvalue weighted by Gasteiger charge is -2.15. The lowest BCUT2D eigenvalue weighted by Crippen LogP contribution is -2.43. The maximum absolute atomic E-state index is 13.3. The van der Waals surface area contributed by atoms with Gasteiger partial charge in [-0.3, -0.25) is 4.79 Å². The lowest BCUT2D eigenvalue weighted by atomic mass is 10.1. The standard InChI is InChI=1S/C21H24F4N4O/c1-29(2)19(30)14-28-20(26-10-9-15-5-4-8-18(22)12-15)27-13-16-6-3-7-17(11-16)21(23,24)25/h3-8,11-12H,9-10,13-14H2,1-2H3,(H2,26,27,28). The predicted molar refractivity (Wildman–Crippen MR) is 107 cm³/mol. The Morgan fingerprint density at radius 3 is 2.40 bits per heavy atom. The fourth-order valence-electron chi connectivity index (χ4n) is 2.53. The molecule has 0 atom stereocenters. The van der Waals surface area contributed by atoms with Gasteiger partial charge in [0.2, 0.25) is 5.91 Å². The van der Waals surface area contributed by atoms with E-state index in [0.29, 0.717) is 18.5 Å². The summed E-state index contributed by atoms with van der Waals surface area (Å²) in [6.07, 6.45) is -3.92. The van der Waals surface area contributed by atoms with Crippen LogP contribution in [0.4, 0.5) is 17.6 Å². The SMILES string of the molecule is CN(C)C(=O)CNC(=NCc1cccc(C(F)(F)F)c1)NCCc1cccc(F)c1. The fourth-order valence-corrected chi connectivity index (χ4v) is 2.53. The van der Waals surface area contributed by atoms with Crippen LogP contribution in [0.15, 0.2) is 53.5 Å². The fraction of sp³-hybridized carbons (Fsp3) is 0.333. The van der Waals surface area contributed by atoms with Gasteiger partial charge >= 0.3 is 6.18 Å². The summed E-state index contributed by atoms with van der Waals surface area (Å²) < 4.78 is 51.9. The molecule has 0 aliphatic rings. The van der Waals surface area contributed by atoms with E-state index in [2.05, 4.69) is 15.6 Å². The van der Waals surface area contributed by atoms with E-state index in [0.717, 1.165) is 17.7 Å². The summed E-state index contributed by atoms with van der Waals surface area (Å²) in [5.74, 6) is -0.242. The largest absolute Gasteiger partial charge is 0.416 e. The molecule has 9 heteroatoms. The smallest absolute Gasteiger partial charge is 0.356 e. The van der Waals surface area contributed by atoms with Gasteiger partial charge in [0.15, 0.2) is 5.96 Å². The molecule has 2 aromatic rings. The second-order valence-electron chi connectivity index (χ2n) is 6.81. The molecule has 0 fully saturated rings. The molecule has 162 valence electrons. The molecule has 0 radical (unpaired) electrons. The number of alkyl halides is 3. The summed E-state index contributed by atoms with van der Waals surface area (Å²) in [6.45, 7) is 0.366. The molecular formula is C21H24F4N4O. The summed E-state index contributed by atoms with van der Waals surface area (Å²) in [4.78, 5) is 17.5. The third kappa shape index (κ3) is 7.73. The zero-order valence-electron chi connectivity index (χ0n) is 16.8. The van der Waals surface area contributed by atoms with Gasteiger partial charge in [0.05, 0.1) is 18.7 Å². The van der Waals surface area contributed by atoms with Crippen LogP contribution < -0.4 is 10.6 Å². The average molecular weight is 424 g/mol. The van der Waals surface area contributed by atoms with Gasteiger partial charge in [-0.25, -0.2) is 9.38 Å². The molecule has 0 bridgehead atoms. The number of hydrogen-bond donors (Lipinski definition) is 2. The molecule has 5 nitrogen and oxygen atoms in total. The molecular weight excluding hydrogens is 400 g/mol. The third-order valence-electron chi connectivity index (χ3n) is 4.18. The minimum absolute atomic E-state index is 0.00459. The van der Waals surface area contributed by atoms with Gasteiger partial charge in [0, 0.05) is 20.6 Å². The highest BCUT2D eigenvalue weighted by Gasteiger charge is 2.30. The van der Waals surface area contributed by atoms with Crippen LogP contribution in [0.3, 0.4) is 0 Å². The molecule has 30 heavy (non-hydrogen) atoms. The van der Waals surface area contributed by atoms with E-state index in [1.807, 2.05) is 0 Å². The van der Waals surface area contributed by atoms with Crippen LogP contribution in [-0.2, 0) is 23.9 Å². The molecule has 0 heterocycles. The highest BCUT2D eigenvalue weighted by molar-refractivity contribution is 5.86. The number of halogens is 4. The van der Waals surface area contributed by atoms with Crippen molar-refractivity contribution in [3.05, 3.63) is 71.0 Å². The molecule has 0 saturated carbocycles. The Kier molecular flexibility index (Phi) is 8.20. The summed E-state index contributed by atoms with van der Waals surface area (Å²) >= 11 is 0. The van der Waals surface area contributed by atoms with Crippen molar-refractivity contribution in [1.82, 2.24) is 15.5 Å². The van der Waals surface area contributed by atoms with E-state index in [-0.39, 0.29) is 30.8 Å². The number of likely N-dealkylation sites (N-methyl/N-ethyl adjacent to an activating group) is 1. The Morgan fingerprint density at radius 2 is 1.73 bits per heavy atom. The van der Waals surface area contributed by atoms with Gasteiger partial charge in [-0.05, 0) is 41.8 Å². The van der Waals surface area contributed by atoms with Gasteiger partial charge < -0.3 is 15.5 Å². The highest BCUT2D eigenvalue weighted by Crippen LogP contribution is 2.29. The Hall–Kier alpha value is -3.10. The van der Waals surface area contributed by atoms with Crippen LogP contribution in [0.25, 0.3) is 0 Å². The van der Waals surface area contributed by atoms with Gasteiger partial charge in [-0.2, -0.15) is 13.2 Å². The van der Waals surface area contributed by atoms with Crippen LogP contribution >= 0.6 is 0 Å². The number of benzene rings is 2. The number of aliphatic imine (C=N–C) groups is 1. The van der Waals surface area contributed by atoms with Gasteiger partial charge in [0.1, 0.15) is 5.82 Å². The molecule has 0 aromatic heterocycles. The summed E-state index contributed by atoms with van der Waals surface area (Å²) in [5, 5.41) is 5.89. The molecule has 0 unspecified atom stereocenters. The van der Waals surface area contributed by atoms with E-state index >= 15 is 0 Å². The monoisotopic (exact) mass is 424 g/mol. The Balaban J connectivity index is 2.05. The van der Waals surface area contributed by atoms with E-state index in [4.69, 9.17) is 0 Å². The number of rotatable bonds is 7. The number of amides is 1. The summed E-state index contributed by atoms with van der Waals surface area (Å²) in [6, 6.07) is 11.1. The summed E-state index contributed by atoms with van der Waals surface area (Å²) in [7, 11) is 3.22. The zero-order chi connectivity index (χ0) is 22.1. The van der Waals surface area contributed by atoms with Crippen molar-refractivity contribution in [2.24, 2.45) is 4.99 Å². The van der Waals surface area contributed by atoms with Crippen molar-refractivity contribution in [3.8, 4) is 0 Å². The van der Waals surface area contributed by atoms with Crippen LogP contribution in [0, 0.1) is 5.82 Å². The number of guanidine groups is 1. The minimum Gasteiger partial charge on any atom is -0.356 e. The number of carbonyl (C=O) groups excluding carboxylic acids is 1. The number of hydrogen-bond acceptors (Lipinski definition) is 2. The first-order valence-electron chi connectivity index (χ1n) is 9.28. The normalized spacial score (nSPS) is 11.9. The van der Waals surface area contributed by atoms with E-state index in [9.17, 15) is 22.4 Å². The number of carbonyl (C=O) groups is 1. The van der Waals surface area contributed by atoms with Crippen LogP contribution in [0.1, 0.15) is 16.7 Å². The number of nitrogens with one attached hydrogen (secondary N) is 2. The van der Waals surface area contributed by atoms with Gasteiger partial charge in [-0.15, -0.1) is 0 Å². The molecule has 0 spiro atoms. The molecule has 0 aliphatic carbocycles. The second-order valence-corrected chi connectivity index (χ2v) is 6.81. The maximum Gasteiger partial charge on any atom is 0.416 e. The molecule has 1 amide bonds. The van der Waals surface area contributed by atoms with Crippen molar-refractivity contribution >= 4 is 11.9 Å². The van der Waals surface area contributed by atoms with Crippen molar-refractivity contribution in [3.63, 3.8) is 0 Å². The van der Waals surface area contributed by atoms with Crippen LogP contribution in [0.2, 0.25) is 0 Å². The Morgan fingerprint density at radius 1 is 1.03 bits per heavy atom. The molecule has 0 aliphatic heterocycles. The highest BCUT2D eigenvalue weighted by atomic mass is 19.4. The molecule has 0 saturated heterocycles. The van der Waals surface area contributed by atoms with E-state index in [1.165, 1.54) is 23.1 Å². The zero-order valence-corrected chi connectivity index (χ0v) is 16.8. The third-order valence-corrected chi connectivity index (χ3v) is 4.18. The van der Waals surface area contributed by atoms with Crippen LogP contribution in [0.5, 0.6) is 0 Å². The average Bonchev–Trinajstić information content (AvgIpc) is 2.69. The maximum atomic E-state index is 13.3. The molecule has 2 aromatic carbocycles. The van der Waals surface area contributed by atoms with Gasteiger partial charge in [-0.1, -0.05) is 24.3 Å². The quantitative estimate of drug-likeness (QED) is 0.408. The van der Waals surface area contributed by atoms with Crippen molar-refractivity contribution in [1.29, 1.82) is 0 Å². The van der Waals surface area contributed by atoms with E-state index < -0.39 is 11.7 Å². The van der Waals surface area contributed by atoms with Crippen molar-refractivity contribution < 1.29 is 22.4 Å². The van der Waals surface area contributed by atoms with E-state index in [1.54, 1.807) is 32.3 Å². The molecule has 2 rings (SSSR count). The predicted octanol–water partition coefficient (Wildman–Crippen LogP) is 3.21. The van der Waals surface area contributed by atoms with Crippen molar-refractivity contribution in [2.45, 2.75) is 19.1 Å². The first-order chi connectivity index (χ1) is 14.1. The van der Waals surface area contributed by atoms with Crippen LogP contribution in [-0.4, -0.2) is 44.0 Å². The topological polar surface area (TPSA) is 56.7 Å². The summed E-state index contributed by atoms with van der Waals surface area (Å²) in [5.41, 5.74) is 0.422. The first kappa shape index (κ1) is 23.2. The Labute approximate surface area is 172 Å². The van der Waals surface area contributed by atoms with Crippen molar-refractivity contribution in [2.75, 3.05) is 27.2 Å². The lowest BCUT2D eigenvalue weighted by molar-refractivity contribution is -0.137.